The Kier molecular flexibility index (Phi) is 2.74. The molecule has 13 heavy (non-hydrogen) atoms. The van der Waals surface area contributed by atoms with E-state index in [1.807, 2.05) is 0 Å². The van der Waals surface area contributed by atoms with E-state index in [1.54, 1.807) is 13.0 Å². The molecular formula is C9H9NO3. The Hall–Kier alpha value is -1.71. The Labute approximate surface area is 75.6 Å². The first-order valence-electron chi connectivity index (χ1n) is 3.76. The van der Waals surface area contributed by atoms with Gasteiger partial charge in [0.25, 0.3) is 0 Å². The molecule has 0 aliphatic heterocycles. The fraction of sp³-hybridized carbons (Fsp3) is 0.222. The monoisotopic (exact) mass is 179 g/mol. The average Bonchev–Trinajstić information content (AvgIpc) is 2.07. The molecule has 0 radical (unpaired) electrons. The third-order valence-electron chi connectivity index (χ3n) is 1.44. The molecule has 0 saturated heterocycles. The van der Waals surface area contributed by atoms with E-state index in [1.165, 1.54) is 19.1 Å². The summed E-state index contributed by atoms with van der Waals surface area (Å²) in [7, 11) is 0. The summed E-state index contributed by atoms with van der Waals surface area (Å²) < 4.78 is 0. The predicted molar refractivity (Wildman–Crippen MR) is 47.1 cm³/mol. The van der Waals surface area contributed by atoms with Crippen molar-refractivity contribution in [3.8, 4) is 0 Å². The van der Waals surface area contributed by atoms with Gasteiger partial charge in [0, 0.05) is 6.92 Å². The smallest absolute Gasteiger partial charge is 0.318 e. The Morgan fingerprint density at radius 2 is 2.15 bits per heavy atom. The number of nitrogens with zero attached hydrogens (tertiary/aromatic N) is 1. The number of carbonyl (C=O) groups is 2. The molecule has 0 aromatic rings. The van der Waals surface area contributed by atoms with Crippen LogP contribution in [-0.2, 0) is 14.4 Å². The van der Waals surface area contributed by atoms with Crippen LogP contribution in [0.3, 0.4) is 0 Å². The van der Waals surface area contributed by atoms with Gasteiger partial charge in [-0.2, -0.15) is 0 Å². The molecule has 0 saturated carbocycles. The SMILES string of the molecule is CC(=O)ON=C1C=CC(=O)C(C)=C1. The zero-order chi connectivity index (χ0) is 9.84. The van der Waals surface area contributed by atoms with E-state index in [-0.39, 0.29) is 5.78 Å². The van der Waals surface area contributed by atoms with E-state index in [4.69, 9.17) is 0 Å². The third-order valence-corrected chi connectivity index (χ3v) is 1.44. The minimum Gasteiger partial charge on any atom is -0.318 e. The van der Waals surface area contributed by atoms with Gasteiger partial charge in [0.15, 0.2) is 5.78 Å². The summed E-state index contributed by atoms with van der Waals surface area (Å²) in [6, 6.07) is 0. The highest BCUT2D eigenvalue weighted by atomic mass is 16.7. The zero-order valence-corrected chi connectivity index (χ0v) is 7.40. The molecule has 0 N–H and O–H groups in total. The van der Waals surface area contributed by atoms with Gasteiger partial charge in [-0.1, -0.05) is 5.16 Å². The third kappa shape index (κ3) is 2.66. The first kappa shape index (κ1) is 9.38. The number of ketones is 1. The maximum atomic E-state index is 11.0. The Bertz CT molecular complexity index is 337. The molecule has 0 amide bonds. The molecule has 4 heteroatoms. The summed E-state index contributed by atoms with van der Waals surface area (Å²) in [4.78, 5) is 25.8. The van der Waals surface area contributed by atoms with Crippen LogP contribution in [0.1, 0.15) is 13.8 Å². The maximum Gasteiger partial charge on any atom is 0.331 e. The molecule has 0 spiro atoms. The van der Waals surface area contributed by atoms with Crippen molar-refractivity contribution in [3.05, 3.63) is 23.8 Å². The van der Waals surface area contributed by atoms with Crippen LogP contribution in [0.2, 0.25) is 0 Å². The molecule has 0 bridgehead atoms. The average molecular weight is 179 g/mol. The van der Waals surface area contributed by atoms with E-state index in [0.717, 1.165) is 0 Å². The van der Waals surface area contributed by atoms with Crippen LogP contribution in [-0.4, -0.2) is 17.5 Å². The molecule has 68 valence electrons. The Balaban J connectivity index is 2.74. The summed E-state index contributed by atoms with van der Waals surface area (Å²) in [6.07, 6.45) is 4.45. The van der Waals surface area contributed by atoms with Gasteiger partial charge < -0.3 is 4.84 Å². The normalized spacial score (nSPS) is 18.8. The molecule has 1 aliphatic rings. The van der Waals surface area contributed by atoms with E-state index < -0.39 is 5.97 Å². The quantitative estimate of drug-likeness (QED) is 0.342. The van der Waals surface area contributed by atoms with Gasteiger partial charge in [-0.05, 0) is 30.7 Å². The summed E-state index contributed by atoms with van der Waals surface area (Å²) in [5.74, 6) is -0.536. The standard InChI is InChI=1S/C9H9NO3/c1-6-5-8(3-4-9(6)12)10-13-7(2)11/h3-5H,1-2H3. The van der Waals surface area contributed by atoms with E-state index >= 15 is 0 Å². The van der Waals surface area contributed by atoms with Crippen molar-refractivity contribution in [1.29, 1.82) is 0 Å². The van der Waals surface area contributed by atoms with Crippen LogP contribution >= 0.6 is 0 Å². The Morgan fingerprint density at radius 3 is 2.69 bits per heavy atom. The molecule has 1 aliphatic carbocycles. The van der Waals surface area contributed by atoms with Gasteiger partial charge in [0.2, 0.25) is 0 Å². The molecule has 1 rings (SSSR count). The number of hydrogen-bond acceptors (Lipinski definition) is 4. The first-order valence-corrected chi connectivity index (χ1v) is 3.76. The van der Waals surface area contributed by atoms with Crippen LogP contribution in [0.4, 0.5) is 0 Å². The highest BCUT2D eigenvalue weighted by Gasteiger charge is 2.07. The van der Waals surface area contributed by atoms with Crippen LogP contribution in [0, 0.1) is 0 Å². The summed E-state index contributed by atoms with van der Waals surface area (Å²) in [5, 5.41) is 3.52. The first-order chi connectivity index (χ1) is 6.09. The number of hydrogen-bond donors (Lipinski definition) is 0. The lowest BCUT2D eigenvalue weighted by atomic mass is 10.1. The summed E-state index contributed by atoms with van der Waals surface area (Å²) >= 11 is 0. The molecule has 0 fully saturated rings. The van der Waals surface area contributed by atoms with Crippen molar-refractivity contribution in [2.24, 2.45) is 5.16 Å². The minimum atomic E-state index is -0.483. The van der Waals surface area contributed by atoms with Gasteiger partial charge in [-0.25, -0.2) is 4.79 Å². The molecule has 0 unspecified atom stereocenters. The maximum absolute atomic E-state index is 11.0. The van der Waals surface area contributed by atoms with Crippen LogP contribution < -0.4 is 0 Å². The van der Waals surface area contributed by atoms with E-state index in [9.17, 15) is 9.59 Å². The summed E-state index contributed by atoms with van der Waals surface area (Å²) in [5.41, 5.74) is 1.04. The van der Waals surface area contributed by atoms with Crippen LogP contribution in [0.25, 0.3) is 0 Å². The van der Waals surface area contributed by atoms with Gasteiger partial charge in [-0.15, -0.1) is 0 Å². The lowest BCUT2D eigenvalue weighted by molar-refractivity contribution is -0.140. The second-order valence-corrected chi connectivity index (χ2v) is 2.62. The van der Waals surface area contributed by atoms with Crippen molar-refractivity contribution in [1.82, 2.24) is 0 Å². The van der Waals surface area contributed by atoms with Gasteiger partial charge in [0.1, 0.15) is 5.71 Å². The van der Waals surface area contributed by atoms with Gasteiger partial charge in [0.05, 0.1) is 0 Å². The molecule has 0 aromatic carbocycles. The Morgan fingerprint density at radius 1 is 1.46 bits per heavy atom. The topological polar surface area (TPSA) is 55.7 Å². The highest BCUT2D eigenvalue weighted by molar-refractivity contribution is 6.18. The molecule has 0 aromatic heterocycles. The second-order valence-electron chi connectivity index (χ2n) is 2.62. The van der Waals surface area contributed by atoms with E-state index in [2.05, 4.69) is 9.99 Å². The van der Waals surface area contributed by atoms with Crippen LogP contribution in [0.15, 0.2) is 29.0 Å². The van der Waals surface area contributed by atoms with E-state index in [0.29, 0.717) is 11.3 Å². The molecule has 0 atom stereocenters. The van der Waals surface area contributed by atoms with Crippen molar-refractivity contribution >= 4 is 17.5 Å². The largest absolute Gasteiger partial charge is 0.331 e. The lowest BCUT2D eigenvalue weighted by Crippen LogP contribution is -2.06. The van der Waals surface area contributed by atoms with Crippen molar-refractivity contribution in [3.63, 3.8) is 0 Å². The molecule has 4 nitrogen and oxygen atoms in total. The lowest BCUT2D eigenvalue weighted by Gasteiger charge is -2.01. The summed E-state index contributed by atoms with van der Waals surface area (Å²) in [6.45, 7) is 2.94. The number of rotatable bonds is 1. The van der Waals surface area contributed by atoms with Crippen LogP contribution in [0.5, 0.6) is 0 Å². The number of carbonyl (C=O) groups excluding carboxylic acids is 2. The number of oxime groups is 1. The van der Waals surface area contributed by atoms with Gasteiger partial charge in [-0.3, -0.25) is 4.79 Å². The minimum absolute atomic E-state index is 0.0539. The zero-order valence-electron chi connectivity index (χ0n) is 7.40. The predicted octanol–water partition coefficient (Wildman–Crippen LogP) is 0.991. The molecule has 0 heterocycles. The van der Waals surface area contributed by atoms with Crippen molar-refractivity contribution in [2.45, 2.75) is 13.8 Å². The van der Waals surface area contributed by atoms with Gasteiger partial charge >= 0.3 is 5.97 Å². The fourth-order valence-corrected chi connectivity index (χ4v) is 0.807. The molecular weight excluding hydrogens is 170 g/mol. The van der Waals surface area contributed by atoms with Crippen molar-refractivity contribution in [2.75, 3.05) is 0 Å². The van der Waals surface area contributed by atoms with Crippen molar-refractivity contribution < 1.29 is 14.4 Å². The fourth-order valence-electron chi connectivity index (χ4n) is 0.807. The second kappa shape index (κ2) is 3.80. The highest BCUT2D eigenvalue weighted by Crippen LogP contribution is 2.04. The number of allylic oxidation sites excluding steroid dienone is 4.